The summed E-state index contributed by atoms with van der Waals surface area (Å²) in [4.78, 5) is 27.6. The third-order valence-electron chi connectivity index (χ3n) is 5.65. The number of rotatable bonds is 9. The molecule has 0 aliphatic carbocycles. The average molecular weight is 514 g/mol. The van der Waals surface area contributed by atoms with Crippen LogP contribution in [-0.4, -0.2) is 44.8 Å². The molecule has 0 aliphatic heterocycles. The molecule has 9 heteroatoms. The van der Waals surface area contributed by atoms with Gasteiger partial charge in [-0.05, 0) is 55.3 Å². The summed E-state index contributed by atoms with van der Waals surface area (Å²) >= 11 is 6.10. The Balaban J connectivity index is 2.05. The third kappa shape index (κ3) is 6.21. The number of carbonyl (C=O) groups excluding carboxylic acids is 2. The molecule has 7 nitrogen and oxygen atoms in total. The Morgan fingerprint density at radius 1 is 0.971 bits per heavy atom. The highest BCUT2D eigenvalue weighted by molar-refractivity contribution is 7.92. The Kier molecular flexibility index (Phi) is 8.53. The van der Waals surface area contributed by atoms with E-state index in [0.717, 1.165) is 9.87 Å². The van der Waals surface area contributed by atoms with Crippen LogP contribution in [0.15, 0.2) is 83.8 Å². The van der Waals surface area contributed by atoms with Gasteiger partial charge in [-0.3, -0.25) is 13.9 Å². The van der Waals surface area contributed by atoms with Gasteiger partial charge in [-0.1, -0.05) is 60.1 Å². The average Bonchev–Trinajstić information content (AvgIpc) is 2.86. The fourth-order valence-corrected chi connectivity index (χ4v) is 5.43. The van der Waals surface area contributed by atoms with E-state index in [-0.39, 0.29) is 17.3 Å². The molecule has 0 fully saturated rings. The number of benzene rings is 3. The van der Waals surface area contributed by atoms with Crippen LogP contribution in [0.5, 0.6) is 0 Å². The van der Waals surface area contributed by atoms with Crippen LogP contribution in [0.1, 0.15) is 18.1 Å². The van der Waals surface area contributed by atoms with Crippen molar-refractivity contribution < 1.29 is 18.0 Å². The second-order valence-corrected chi connectivity index (χ2v) is 10.4. The first-order valence-corrected chi connectivity index (χ1v) is 12.9. The second-order valence-electron chi connectivity index (χ2n) is 8.05. The highest BCUT2D eigenvalue weighted by atomic mass is 35.5. The lowest BCUT2D eigenvalue weighted by atomic mass is 10.1. The van der Waals surface area contributed by atoms with Gasteiger partial charge in [-0.15, -0.1) is 0 Å². The summed E-state index contributed by atoms with van der Waals surface area (Å²) in [5, 5.41) is 3.02. The predicted molar refractivity (Wildman–Crippen MR) is 138 cm³/mol. The molecular weight excluding hydrogens is 486 g/mol. The number of hydrogen-bond donors (Lipinski definition) is 1. The maximum Gasteiger partial charge on any atom is 0.264 e. The lowest BCUT2D eigenvalue weighted by Gasteiger charge is -2.32. The molecule has 1 unspecified atom stereocenters. The highest BCUT2D eigenvalue weighted by Gasteiger charge is 2.32. The monoisotopic (exact) mass is 513 g/mol. The molecule has 0 radical (unpaired) electrons. The Hall–Kier alpha value is -3.36. The smallest absolute Gasteiger partial charge is 0.264 e. The van der Waals surface area contributed by atoms with E-state index in [1.807, 2.05) is 30.3 Å². The van der Waals surface area contributed by atoms with Crippen molar-refractivity contribution in [2.75, 3.05) is 17.9 Å². The number of carbonyl (C=O) groups is 2. The van der Waals surface area contributed by atoms with Gasteiger partial charge in [0.25, 0.3) is 10.0 Å². The summed E-state index contributed by atoms with van der Waals surface area (Å²) in [5.74, 6) is -0.867. The lowest BCUT2D eigenvalue weighted by molar-refractivity contribution is -0.139. The van der Waals surface area contributed by atoms with Crippen LogP contribution in [0.25, 0.3) is 0 Å². The van der Waals surface area contributed by atoms with Crippen LogP contribution >= 0.6 is 11.6 Å². The number of aryl methyl sites for hydroxylation is 1. The van der Waals surface area contributed by atoms with Crippen LogP contribution in [0.3, 0.4) is 0 Å². The number of amides is 2. The molecule has 0 aromatic heterocycles. The number of hydrogen-bond acceptors (Lipinski definition) is 4. The van der Waals surface area contributed by atoms with Gasteiger partial charge in [0, 0.05) is 18.6 Å². The zero-order valence-corrected chi connectivity index (χ0v) is 21.4. The minimum atomic E-state index is -4.10. The molecule has 2 amide bonds. The summed E-state index contributed by atoms with van der Waals surface area (Å²) in [6.45, 7) is 3.00. The maximum absolute atomic E-state index is 13.7. The Morgan fingerprint density at radius 3 is 2.14 bits per heavy atom. The third-order valence-corrected chi connectivity index (χ3v) is 7.66. The predicted octanol–water partition coefficient (Wildman–Crippen LogP) is 4.01. The molecular formula is C26H28ClN3O4S. The molecule has 0 spiro atoms. The molecule has 0 saturated heterocycles. The minimum absolute atomic E-state index is 0.0520. The number of nitrogens with one attached hydrogen (secondary N) is 1. The van der Waals surface area contributed by atoms with Crippen LogP contribution in [0.4, 0.5) is 5.69 Å². The fourth-order valence-electron chi connectivity index (χ4n) is 3.70. The zero-order valence-electron chi connectivity index (χ0n) is 19.8. The zero-order chi connectivity index (χ0) is 25.6. The van der Waals surface area contributed by atoms with E-state index in [4.69, 9.17) is 11.6 Å². The molecule has 3 rings (SSSR count). The molecule has 1 atom stereocenters. The summed E-state index contributed by atoms with van der Waals surface area (Å²) in [5.41, 5.74) is 1.74. The Morgan fingerprint density at radius 2 is 1.57 bits per heavy atom. The van der Waals surface area contributed by atoms with Gasteiger partial charge in [0.1, 0.15) is 12.6 Å². The van der Waals surface area contributed by atoms with Gasteiger partial charge in [-0.2, -0.15) is 0 Å². The SMILES string of the molecule is CNC(=O)C(C)N(Cc1ccccc1)C(=O)CN(c1ccc(Cl)cc1C)S(=O)(=O)c1ccccc1. The molecule has 0 bridgehead atoms. The maximum atomic E-state index is 13.7. The van der Waals surface area contributed by atoms with Crippen LogP contribution in [-0.2, 0) is 26.2 Å². The van der Waals surface area contributed by atoms with Crippen LogP contribution in [0, 0.1) is 6.92 Å². The van der Waals surface area contributed by atoms with E-state index in [0.29, 0.717) is 16.3 Å². The molecule has 184 valence electrons. The van der Waals surface area contributed by atoms with Gasteiger partial charge in [-0.25, -0.2) is 8.42 Å². The first kappa shape index (κ1) is 26.2. The van der Waals surface area contributed by atoms with E-state index in [1.54, 1.807) is 50.2 Å². The summed E-state index contributed by atoms with van der Waals surface area (Å²) in [6.07, 6.45) is 0. The molecule has 1 N–H and O–H groups in total. The molecule has 0 aliphatic rings. The van der Waals surface area contributed by atoms with E-state index in [9.17, 15) is 18.0 Å². The molecule has 0 heterocycles. The van der Waals surface area contributed by atoms with E-state index < -0.39 is 28.5 Å². The number of halogens is 1. The summed E-state index contributed by atoms with van der Waals surface area (Å²) in [6, 6.07) is 21.1. The van der Waals surface area contributed by atoms with Crippen molar-refractivity contribution in [2.45, 2.75) is 31.3 Å². The van der Waals surface area contributed by atoms with Crippen LogP contribution in [0.2, 0.25) is 5.02 Å². The first-order valence-electron chi connectivity index (χ1n) is 11.0. The normalized spacial score (nSPS) is 12.0. The largest absolute Gasteiger partial charge is 0.357 e. The number of nitrogens with zero attached hydrogens (tertiary/aromatic N) is 2. The first-order chi connectivity index (χ1) is 16.6. The Labute approximate surface area is 211 Å². The van der Waals surface area contributed by atoms with Crippen molar-refractivity contribution in [3.05, 3.63) is 95.0 Å². The van der Waals surface area contributed by atoms with Gasteiger partial charge in [0.05, 0.1) is 10.6 Å². The van der Waals surface area contributed by atoms with Crippen molar-refractivity contribution >= 4 is 39.1 Å². The summed E-state index contributed by atoms with van der Waals surface area (Å²) < 4.78 is 28.5. The highest BCUT2D eigenvalue weighted by Crippen LogP contribution is 2.29. The Bertz CT molecular complexity index is 1280. The van der Waals surface area contributed by atoms with Crippen molar-refractivity contribution in [3.63, 3.8) is 0 Å². The van der Waals surface area contributed by atoms with Crippen molar-refractivity contribution in [1.82, 2.24) is 10.2 Å². The lowest BCUT2D eigenvalue weighted by Crippen LogP contribution is -2.50. The van der Waals surface area contributed by atoms with Gasteiger partial charge in [0.2, 0.25) is 11.8 Å². The topological polar surface area (TPSA) is 86.8 Å². The van der Waals surface area contributed by atoms with E-state index >= 15 is 0 Å². The van der Waals surface area contributed by atoms with Crippen molar-refractivity contribution in [2.24, 2.45) is 0 Å². The van der Waals surface area contributed by atoms with Crippen LogP contribution < -0.4 is 9.62 Å². The van der Waals surface area contributed by atoms with Crippen molar-refractivity contribution in [3.8, 4) is 0 Å². The van der Waals surface area contributed by atoms with Gasteiger partial charge < -0.3 is 10.2 Å². The van der Waals surface area contributed by atoms with E-state index in [1.165, 1.54) is 24.1 Å². The van der Waals surface area contributed by atoms with Crippen molar-refractivity contribution in [1.29, 1.82) is 0 Å². The molecule has 3 aromatic carbocycles. The quantitative estimate of drug-likeness (QED) is 0.468. The van der Waals surface area contributed by atoms with Gasteiger partial charge in [0.15, 0.2) is 0 Å². The van der Waals surface area contributed by atoms with E-state index in [2.05, 4.69) is 5.32 Å². The van der Waals surface area contributed by atoms with Gasteiger partial charge >= 0.3 is 0 Å². The second kappa shape index (κ2) is 11.4. The number of anilines is 1. The molecule has 35 heavy (non-hydrogen) atoms. The minimum Gasteiger partial charge on any atom is -0.357 e. The fraction of sp³-hybridized carbons (Fsp3) is 0.231. The number of likely N-dealkylation sites (N-methyl/N-ethyl adjacent to an activating group) is 1. The standard InChI is InChI=1S/C26H28ClN3O4S/c1-19-16-22(27)14-15-24(19)30(35(33,34)23-12-8-5-9-13-23)18-25(31)29(20(2)26(32)28-3)17-21-10-6-4-7-11-21/h4-16,20H,17-18H2,1-3H3,(H,28,32). The molecule has 0 saturated carbocycles. The molecule has 3 aromatic rings. The number of sulfonamides is 1. The summed E-state index contributed by atoms with van der Waals surface area (Å²) in [7, 11) is -2.61.